The monoisotopic (exact) mass is 506 g/mol. The molecular formula is C26H24BrFN4O. The van der Waals surface area contributed by atoms with Crippen LogP contribution in [0.1, 0.15) is 31.1 Å². The van der Waals surface area contributed by atoms with E-state index in [0.717, 1.165) is 35.5 Å². The molecule has 0 bridgehead atoms. The number of fused-ring (bicyclic) bond motifs is 1. The maximum Gasteiger partial charge on any atom is 0.266 e. The first kappa shape index (κ1) is 23.0. The van der Waals surface area contributed by atoms with Crippen molar-refractivity contribution in [3.63, 3.8) is 0 Å². The van der Waals surface area contributed by atoms with Crippen molar-refractivity contribution >= 4 is 39.0 Å². The summed E-state index contributed by atoms with van der Waals surface area (Å²) in [5.41, 5.74) is 2.48. The second-order valence-electron chi connectivity index (χ2n) is 7.57. The minimum Gasteiger partial charge on any atom is -0.298 e. The highest BCUT2D eigenvalue weighted by Gasteiger charge is 2.14. The largest absolute Gasteiger partial charge is 0.298 e. The molecule has 0 amide bonds. The van der Waals surface area contributed by atoms with Gasteiger partial charge in [-0.3, -0.25) is 19.2 Å². The molecule has 2 aromatic carbocycles. The van der Waals surface area contributed by atoms with Gasteiger partial charge in [-0.25, -0.2) is 9.37 Å². The maximum absolute atomic E-state index is 13.9. The zero-order valence-electron chi connectivity index (χ0n) is 18.5. The summed E-state index contributed by atoms with van der Waals surface area (Å²) >= 11 is 3.52. The molecule has 0 N–H and O–H groups in total. The molecule has 0 saturated heterocycles. The molecule has 0 saturated carbocycles. The van der Waals surface area contributed by atoms with E-state index >= 15 is 0 Å². The third-order valence-electron chi connectivity index (χ3n) is 5.46. The van der Waals surface area contributed by atoms with E-state index < -0.39 is 5.82 Å². The minimum absolute atomic E-state index is 0.224. The highest BCUT2D eigenvalue weighted by atomic mass is 79.9. The van der Waals surface area contributed by atoms with Crippen LogP contribution in [0.25, 0.3) is 28.7 Å². The second-order valence-corrected chi connectivity index (χ2v) is 8.43. The molecule has 33 heavy (non-hydrogen) atoms. The maximum atomic E-state index is 13.9. The molecular weight excluding hydrogens is 483 g/mol. The molecule has 2 heterocycles. The van der Waals surface area contributed by atoms with Crippen LogP contribution in [-0.4, -0.2) is 32.5 Å². The fourth-order valence-corrected chi connectivity index (χ4v) is 4.13. The average Bonchev–Trinajstić information content (AvgIpc) is 2.83. The van der Waals surface area contributed by atoms with Crippen molar-refractivity contribution in [1.29, 1.82) is 0 Å². The van der Waals surface area contributed by atoms with Crippen LogP contribution in [0, 0.1) is 5.82 Å². The quantitative estimate of drug-likeness (QED) is 0.322. The minimum atomic E-state index is -0.474. The van der Waals surface area contributed by atoms with Gasteiger partial charge in [0.25, 0.3) is 5.56 Å². The van der Waals surface area contributed by atoms with Crippen LogP contribution in [-0.2, 0) is 6.54 Å². The molecule has 2 aromatic heterocycles. The van der Waals surface area contributed by atoms with Crippen LogP contribution < -0.4 is 5.56 Å². The molecule has 5 nitrogen and oxygen atoms in total. The highest BCUT2D eigenvalue weighted by molar-refractivity contribution is 9.10. The molecule has 4 aromatic rings. The fraction of sp³-hybridized carbons (Fsp3) is 0.192. The van der Waals surface area contributed by atoms with Crippen molar-refractivity contribution in [2.75, 3.05) is 13.1 Å². The molecule has 4 rings (SSSR count). The Bertz CT molecular complexity index is 1380. The molecule has 0 radical (unpaired) electrons. The first-order valence-electron chi connectivity index (χ1n) is 10.8. The number of nitrogens with zero attached hydrogens (tertiary/aromatic N) is 4. The average molecular weight is 507 g/mol. The van der Waals surface area contributed by atoms with E-state index in [0.29, 0.717) is 17.0 Å². The Kier molecular flexibility index (Phi) is 7.11. The number of hydrogen-bond acceptors (Lipinski definition) is 4. The second kappa shape index (κ2) is 10.2. The van der Waals surface area contributed by atoms with E-state index in [2.05, 4.69) is 39.7 Å². The lowest BCUT2D eigenvalue weighted by atomic mass is 10.2. The Hall–Kier alpha value is -3.16. The lowest BCUT2D eigenvalue weighted by Crippen LogP contribution is -2.23. The Morgan fingerprint density at radius 2 is 1.79 bits per heavy atom. The smallest absolute Gasteiger partial charge is 0.266 e. The summed E-state index contributed by atoms with van der Waals surface area (Å²) in [7, 11) is 0. The van der Waals surface area contributed by atoms with Crippen LogP contribution in [0.4, 0.5) is 4.39 Å². The molecule has 0 aliphatic heterocycles. The summed E-state index contributed by atoms with van der Waals surface area (Å²) < 4.78 is 16.1. The molecule has 7 heteroatoms. The van der Waals surface area contributed by atoms with E-state index in [1.54, 1.807) is 6.08 Å². The summed E-state index contributed by atoms with van der Waals surface area (Å²) in [6.07, 6.45) is 3.61. The van der Waals surface area contributed by atoms with Gasteiger partial charge in [-0.05, 0) is 83.6 Å². The van der Waals surface area contributed by atoms with Gasteiger partial charge >= 0.3 is 0 Å². The fourth-order valence-electron chi connectivity index (χ4n) is 3.67. The number of halogens is 2. The third-order valence-corrected chi connectivity index (χ3v) is 6.13. The van der Waals surface area contributed by atoms with Gasteiger partial charge in [-0.2, -0.15) is 0 Å². The molecule has 0 aliphatic carbocycles. The zero-order valence-corrected chi connectivity index (χ0v) is 20.1. The van der Waals surface area contributed by atoms with Crippen molar-refractivity contribution in [2.24, 2.45) is 0 Å². The molecule has 0 unspecified atom stereocenters. The van der Waals surface area contributed by atoms with Gasteiger partial charge in [0, 0.05) is 11.0 Å². The topological polar surface area (TPSA) is 51.0 Å². The van der Waals surface area contributed by atoms with Gasteiger partial charge in [-0.1, -0.05) is 32.0 Å². The van der Waals surface area contributed by atoms with Gasteiger partial charge in [0.2, 0.25) is 0 Å². The highest BCUT2D eigenvalue weighted by Crippen LogP contribution is 2.22. The molecule has 168 valence electrons. The molecule has 0 fully saturated rings. The normalized spacial score (nSPS) is 11.7. The predicted molar refractivity (Wildman–Crippen MR) is 135 cm³/mol. The van der Waals surface area contributed by atoms with Crippen molar-refractivity contribution in [3.05, 3.63) is 98.5 Å². The van der Waals surface area contributed by atoms with Crippen LogP contribution >= 0.6 is 15.9 Å². The number of aromatic nitrogens is 3. The summed E-state index contributed by atoms with van der Waals surface area (Å²) in [4.78, 5) is 25.1. The molecule has 0 aliphatic rings. The first-order chi connectivity index (χ1) is 16.0. The number of para-hydroxylation sites is 1. The van der Waals surface area contributed by atoms with Crippen molar-refractivity contribution in [2.45, 2.75) is 20.4 Å². The number of hydrogen-bond donors (Lipinski definition) is 0. The van der Waals surface area contributed by atoms with E-state index in [-0.39, 0.29) is 10.9 Å². The summed E-state index contributed by atoms with van der Waals surface area (Å²) in [5, 5.41) is 0.224. The SMILES string of the molecule is CCN(CC)Cc1cccc(/C=C/c2nc3ccc(F)cc3c(=O)n2-c2ccccc2Br)n1. The predicted octanol–water partition coefficient (Wildman–Crippen LogP) is 5.69. The first-order valence-corrected chi connectivity index (χ1v) is 11.6. The van der Waals surface area contributed by atoms with E-state index in [1.165, 1.54) is 22.8 Å². The molecule has 0 atom stereocenters. The number of benzene rings is 2. The van der Waals surface area contributed by atoms with Crippen molar-refractivity contribution in [3.8, 4) is 5.69 Å². The van der Waals surface area contributed by atoms with E-state index in [1.807, 2.05) is 48.5 Å². The van der Waals surface area contributed by atoms with Gasteiger partial charge in [-0.15, -0.1) is 0 Å². The van der Waals surface area contributed by atoms with Crippen molar-refractivity contribution in [1.82, 2.24) is 19.4 Å². The van der Waals surface area contributed by atoms with Crippen LogP contribution in [0.3, 0.4) is 0 Å². The number of pyridine rings is 1. The summed E-state index contributed by atoms with van der Waals surface area (Å²) in [6, 6.07) is 17.3. The van der Waals surface area contributed by atoms with Gasteiger partial charge in [0.1, 0.15) is 11.6 Å². The lowest BCUT2D eigenvalue weighted by molar-refractivity contribution is 0.292. The van der Waals surface area contributed by atoms with E-state index in [9.17, 15) is 9.18 Å². The summed E-state index contributed by atoms with van der Waals surface area (Å²) in [5.74, 6) is -0.0421. The lowest BCUT2D eigenvalue weighted by Gasteiger charge is -2.17. The van der Waals surface area contributed by atoms with Gasteiger partial charge in [0.05, 0.1) is 28.0 Å². The zero-order chi connectivity index (χ0) is 23.4. The Balaban J connectivity index is 1.82. The van der Waals surface area contributed by atoms with Crippen LogP contribution in [0.2, 0.25) is 0 Å². The Morgan fingerprint density at radius 3 is 2.55 bits per heavy atom. The van der Waals surface area contributed by atoms with E-state index in [4.69, 9.17) is 4.98 Å². The summed E-state index contributed by atoms with van der Waals surface area (Å²) in [6.45, 7) is 6.95. The van der Waals surface area contributed by atoms with Gasteiger partial charge < -0.3 is 0 Å². The Labute approximate surface area is 200 Å². The number of rotatable bonds is 7. The van der Waals surface area contributed by atoms with Crippen LogP contribution in [0.5, 0.6) is 0 Å². The molecule has 0 spiro atoms. The Morgan fingerprint density at radius 1 is 1.00 bits per heavy atom. The standard InChI is InChI=1S/C26H24BrFN4O/c1-3-31(4-2)17-20-9-7-8-19(29-20)13-15-25-30-23-14-12-18(28)16-21(23)26(33)32(25)24-11-6-5-10-22(24)27/h5-16H,3-4,17H2,1-2H3/b15-13+. The van der Waals surface area contributed by atoms with Crippen molar-refractivity contribution < 1.29 is 4.39 Å². The van der Waals surface area contributed by atoms with Crippen LogP contribution in [0.15, 0.2) is 69.9 Å². The van der Waals surface area contributed by atoms with Gasteiger partial charge in [0.15, 0.2) is 0 Å². The third kappa shape index (κ3) is 5.10.